The van der Waals surface area contributed by atoms with Crippen LogP contribution in [0.1, 0.15) is 11.5 Å². The van der Waals surface area contributed by atoms with Crippen molar-refractivity contribution in [2.75, 3.05) is 6.67 Å². The van der Waals surface area contributed by atoms with Crippen LogP contribution in [0.2, 0.25) is 0 Å². The van der Waals surface area contributed by atoms with Gasteiger partial charge >= 0.3 is 0 Å². The summed E-state index contributed by atoms with van der Waals surface area (Å²) in [6.45, 7) is 3.27. The van der Waals surface area contributed by atoms with Gasteiger partial charge in [0.1, 0.15) is 18.6 Å². The normalized spacial score (nSPS) is 13.3. The lowest BCUT2D eigenvalue weighted by atomic mass is 10.4. The molecule has 1 heterocycles. The van der Waals surface area contributed by atoms with Gasteiger partial charge in [0.2, 0.25) is 0 Å². The third kappa shape index (κ3) is 2.04. The number of aromatic nitrogens is 2. The zero-order valence-corrected chi connectivity index (χ0v) is 7.29. The summed E-state index contributed by atoms with van der Waals surface area (Å²) in [5.41, 5.74) is 0.888. The number of rotatable bonds is 3. The van der Waals surface area contributed by atoms with E-state index in [9.17, 15) is 4.39 Å². The molecule has 12 heavy (non-hydrogen) atoms. The van der Waals surface area contributed by atoms with Crippen LogP contribution in [-0.2, 0) is 6.54 Å². The van der Waals surface area contributed by atoms with Gasteiger partial charge in [-0.05, 0) is 13.8 Å². The number of alkyl halides is 1. The summed E-state index contributed by atoms with van der Waals surface area (Å²) in [5, 5.41) is 9.02. The summed E-state index contributed by atoms with van der Waals surface area (Å²) in [4.78, 5) is 4.13. The van der Waals surface area contributed by atoms with E-state index in [1.165, 1.54) is 0 Å². The van der Waals surface area contributed by atoms with Crippen molar-refractivity contribution in [1.82, 2.24) is 9.55 Å². The molecule has 0 fully saturated rings. The highest BCUT2D eigenvalue weighted by molar-refractivity contribution is 5.00. The van der Waals surface area contributed by atoms with Crippen LogP contribution in [0.4, 0.5) is 4.39 Å². The molecule has 0 aliphatic rings. The highest BCUT2D eigenvalue weighted by atomic mass is 19.1. The molecule has 1 atom stereocenters. The van der Waals surface area contributed by atoms with E-state index in [4.69, 9.17) is 5.11 Å². The van der Waals surface area contributed by atoms with E-state index < -0.39 is 12.8 Å². The summed E-state index contributed by atoms with van der Waals surface area (Å²) >= 11 is 0. The second-order valence-corrected chi connectivity index (χ2v) is 2.89. The summed E-state index contributed by atoms with van der Waals surface area (Å²) in [7, 11) is 0. The Morgan fingerprint density at radius 2 is 2.33 bits per heavy atom. The lowest BCUT2D eigenvalue weighted by Gasteiger charge is -2.07. The second kappa shape index (κ2) is 3.67. The molecule has 0 aliphatic carbocycles. The Kier molecular flexibility index (Phi) is 2.81. The molecule has 0 aromatic carbocycles. The number of halogens is 1. The molecular weight excluding hydrogens is 159 g/mol. The smallest absolute Gasteiger partial charge is 0.117 e. The first-order chi connectivity index (χ1) is 5.63. The SMILES string of the molecule is Cc1cn(CC(O)CF)c(C)n1. The zero-order valence-electron chi connectivity index (χ0n) is 7.29. The molecule has 0 spiro atoms. The van der Waals surface area contributed by atoms with Gasteiger partial charge in [0, 0.05) is 6.20 Å². The molecule has 0 aliphatic heterocycles. The monoisotopic (exact) mass is 172 g/mol. The van der Waals surface area contributed by atoms with Crippen LogP contribution >= 0.6 is 0 Å². The van der Waals surface area contributed by atoms with E-state index in [1.807, 2.05) is 13.8 Å². The van der Waals surface area contributed by atoms with Crippen molar-refractivity contribution in [2.45, 2.75) is 26.5 Å². The van der Waals surface area contributed by atoms with Crippen molar-refractivity contribution < 1.29 is 9.50 Å². The van der Waals surface area contributed by atoms with Crippen molar-refractivity contribution in [3.8, 4) is 0 Å². The van der Waals surface area contributed by atoms with Crippen LogP contribution in [0.5, 0.6) is 0 Å². The van der Waals surface area contributed by atoms with Crippen LogP contribution in [0, 0.1) is 13.8 Å². The van der Waals surface area contributed by atoms with E-state index in [0.29, 0.717) is 0 Å². The maximum Gasteiger partial charge on any atom is 0.117 e. The fraction of sp³-hybridized carbons (Fsp3) is 0.625. The minimum atomic E-state index is -0.919. The van der Waals surface area contributed by atoms with E-state index >= 15 is 0 Å². The molecule has 3 nitrogen and oxygen atoms in total. The molecular formula is C8H13FN2O. The Balaban J connectivity index is 2.68. The Bertz CT molecular complexity index is 260. The zero-order chi connectivity index (χ0) is 9.14. The quantitative estimate of drug-likeness (QED) is 0.733. The van der Waals surface area contributed by atoms with Crippen LogP contribution in [0.25, 0.3) is 0 Å². The first-order valence-electron chi connectivity index (χ1n) is 3.88. The van der Waals surface area contributed by atoms with Gasteiger partial charge < -0.3 is 9.67 Å². The van der Waals surface area contributed by atoms with Crippen molar-refractivity contribution in [3.05, 3.63) is 17.7 Å². The fourth-order valence-corrected chi connectivity index (χ4v) is 1.13. The Labute approximate surface area is 70.9 Å². The Morgan fingerprint density at radius 3 is 2.75 bits per heavy atom. The van der Waals surface area contributed by atoms with E-state index in [0.717, 1.165) is 11.5 Å². The van der Waals surface area contributed by atoms with Crippen LogP contribution < -0.4 is 0 Å². The lowest BCUT2D eigenvalue weighted by molar-refractivity contribution is 0.121. The number of nitrogens with zero attached hydrogens (tertiary/aromatic N) is 2. The molecule has 0 saturated carbocycles. The van der Waals surface area contributed by atoms with E-state index in [1.54, 1.807) is 10.8 Å². The predicted octanol–water partition coefficient (Wildman–Crippen LogP) is 0.830. The standard InChI is InChI=1S/C8H13FN2O/c1-6-4-11(7(2)10-6)5-8(12)3-9/h4,8,12H,3,5H2,1-2H3. The van der Waals surface area contributed by atoms with Gasteiger partial charge in [0.05, 0.1) is 12.2 Å². The number of aliphatic hydroxyl groups excluding tert-OH is 1. The molecule has 1 aromatic rings. The minimum Gasteiger partial charge on any atom is -0.389 e. The number of hydrogen-bond acceptors (Lipinski definition) is 2. The molecule has 1 unspecified atom stereocenters. The van der Waals surface area contributed by atoms with Crippen molar-refractivity contribution in [1.29, 1.82) is 0 Å². The van der Waals surface area contributed by atoms with Crippen LogP contribution in [0.3, 0.4) is 0 Å². The first-order valence-corrected chi connectivity index (χ1v) is 3.88. The van der Waals surface area contributed by atoms with Crippen LogP contribution in [-0.4, -0.2) is 27.4 Å². The molecule has 1 aromatic heterocycles. The van der Waals surface area contributed by atoms with Gasteiger partial charge in [-0.2, -0.15) is 0 Å². The number of hydrogen-bond donors (Lipinski definition) is 1. The Hall–Kier alpha value is -0.900. The van der Waals surface area contributed by atoms with Crippen molar-refractivity contribution in [2.24, 2.45) is 0 Å². The molecule has 0 bridgehead atoms. The predicted molar refractivity (Wildman–Crippen MR) is 43.7 cm³/mol. The lowest BCUT2D eigenvalue weighted by Crippen LogP contribution is -2.18. The molecule has 1 N–H and O–H groups in total. The number of aryl methyl sites for hydroxylation is 2. The van der Waals surface area contributed by atoms with Gasteiger partial charge in [0.15, 0.2) is 0 Å². The third-order valence-corrected chi connectivity index (χ3v) is 1.68. The highest BCUT2D eigenvalue weighted by Crippen LogP contribution is 2.02. The molecule has 0 amide bonds. The van der Waals surface area contributed by atoms with E-state index in [-0.39, 0.29) is 6.54 Å². The molecule has 68 valence electrons. The average molecular weight is 172 g/mol. The molecule has 0 saturated heterocycles. The third-order valence-electron chi connectivity index (χ3n) is 1.68. The molecule has 4 heteroatoms. The Morgan fingerprint density at radius 1 is 1.67 bits per heavy atom. The number of aliphatic hydroxyl groups is 1. The molecule has 0 radical (unpaired) electrons. The van der Waals surface area contributed by atoms with Gasteiger partial charge in [-0.15, -0.1) is 0 Å². The topological polar surface area (TPSA) is 38.0 Å². The van der Waals surface area contributed by atoms with Gasteiger partial charge in [0.25, 0.3) is 0 Å². The maximum absolute atomic E-state index is 11.9. The summed E-state index contributed by atoms with van der Waals surface area (Å²) < 4.78 is 13.7. The largest absolute Gasteiger partial charge is 0.389 e. The van der Waals surface area contributed by atoms with Gasteiger partial charge in [-0.1, -0.05) is 0 Å². The minimum absolute atomic E-state index is 0.281. The van der Waals surface area contributed by atoms with Crippen molar-refractivity contribution in [3.63, 3.8) is 0 Å². The summed E-state index contributed by atoms with van der Waals surface area (Å²) in [5.74, 6) is 0.806. The van der Waals surface area contributed by atoms with Gasteiger partial charge in [-0.25, -0.2) is 9.37 Å². The summed E-state index contributed by atoms with van der Waals surface area (Å²) in [6.07, 6.45) is 0.881. The average Bonchev–Trinajstić information content (AvgIpc) is 2.30. The maximum atomic E-state index is 11.9. The van der Waals surface area contributed by atoms with Crippen molar-refractivity contribution >= 4 is 0 Å². The first kappa shape index (κ1) is 9.19. The van der Waals surface area contributed by atoms with E-state index in [2.05, 4.69) is 4.98 Å². The number of imidazole rings is 1. The summed E-state index contributed by atoms with van der Waals surface area (Å²) in [6, 6.07) is 0. The second-order valence-electron chi connectivity index (χ2n) is 2.89. The fourth-order valence-electron chi connectivity index (χ4n) is 1.13. The molecule has 1 rings (SSSR count). The van der Waals surface area contributed by atoms with Crippen LogP contribution in [0.15, 0.2) is 6.20 Å². The highest BCUT2D eigenvalue weighted by Gasteiger charge is 2.06. The van der Waals surface area contributed by atoms with Gasteiger partial charge in [-0.3, -0.25) is 0 Å².